The molecule has 0 amide bonds. The highest BCUT2D eigenvalue weighted by molar-refractivity contribution is 7.99. The molecule has 7 heteroatoms. The summed E-state index contributed by atoms with van der Waals surface area (Å²) >= 11 is 1.61. The van der Waals surface area contributed by atoms with Gasteiger partial charge in [0, 0.05) is 12.3 Å². The zero-order chi connectivity index (χ0) is 13.8. The summed E-state index contributed by atoms with van der Waals surface area (Å²) in [6, 6.07) is 8.45. The van der Waals surface area contributed by atoms with Gasteiger partial charge in [-0.3, -0.25) is 0 Å². The second-order valence-corrected chi connectivity index (χ2v) is 5.58. The quantitative estimate of drug-likeness (QED) is 0.829. The van der Waals surface area contributed by atoms with E-state index in [0.717, 1.165) is 23.9 Å². The van der Waals surface area contributed by atoms with Crippen molar-refractivity contribution in [1.82, 2.24) is 20.2 Å². The number of hydrogen-bond donors (Lipinski definition) is 1. The van der Waals surface area contributed by atoms with Crippen molar-refractivity contribution in [1.29, 1.82) is 0 Å². The number of ether oxygens (including phenoxy) is 1. The number of aromatic nitrogens is 4. The molecule has 0 radical (unpaired) electrons. The molecule has 0 saturated heterocycles. The van der Waals surface area contributed by atoms with Gasteiger partial charge in [-0.25, -0.2) is 4.68 Å². The van der Waals surface area contributed by atoms with Gasteiger partial charge in [-0.1, -0.05) is 36.0 Å². The van der Waals surface area contributed by atoms with Gasteiger partial charge in [0.25, 0.3) is 0 Å². The smallest absolute Gasteiger partial charge is 0.209 e. The number of tetrazole rings is 1. The predicted molar refractivity (Wildman–Crippen MR) is 76.4 cm³/mol. The van der Waals surface area contributed by atoms with Gasteiger partial charge in [0.15, 0.2) is 0 Å². The molecule has 2 heterocycles. The Hall–Kier alpha value is -1.44. The molecule has 3 rings (SSSR count). The van der Waals surface area contributed by atoms with Crippen molar-refractivity contribution in [2.75, 3.05) is 18.9 Å². The van der Waals surface area contributed by atoms with Crippen molar-refractivity contribution in [2.24, 2.45) is 5.73 Å². The lowest BCUT2D eigenvalue weighted by Crippen LogP contribution is -2.18. The second kappa shape index (κ2) is 6.34. The lowest BCUT2D eigenvalue weighted by molar-refractivity contribution is 0.0587. The van der Waals surface area contributed by atoms with Crippen LogP contribution < -0.4 is 5.73 Å². The molecule has 6 nitrogen and oxygen atoms in total. The molecular weight excluding hydrogens is 274 g/mol. The summed E-state index contributed by atoms with van der Waals surface area (Å²) in [4.78, 5) is 0. The van der Waals surface area contributed by atoms with Crippen LogP contribution in [0, 0.1) is 0 Å². The van der Waals surface area contributed by atoms with E-state index in [0.29, 0.717) is 13.1 Å². The first-order valence-corrected chi connectivity index (χ1v) is 7.65. The first kappa shape index (κ1) is 13.5. The van der Waals surface area contributed by atoms with E-state index in [9.17, 15) is 0 Å². The minimum atomic E-state index is 0.105. The van der Waals surface area contributed by atoms with Crippen molar-refractivity contribution < 1.29 is 4.74 Å². The van der Waals surface area contributed by atoms with Crippen molar-refractivity contribution in [2.45, 2.75) is 24.2 Å². The molecule has 1 unspecified atom stereocenters. The van der Waals surface area contributed by atoms with Gasteiger partial charge in [0.05, 0.1) is 19.3 Å². The van der Waals surface area contributed by atoms with Crippen LogP contribution in [0.4, 0.5) is 0 Å². The lowest BCUT2D eigenvalue weighted by Gasteiger charge is -2.25. The van der Waals surface area contributed by atoms with Gasteiger partial charge in [0.2, 0.25) is 5.16 Å². The van der Waals surface area contributed by atoms with Gasteiger partial charge in [0.1, 0.15) is 0 Å². The maximum atomic E-state index is 5.88. The highest BCUT2D eigenvalue weighted by Crippen LogP contribution is 2.31. The Bertz CT molecular complexity index is 573. The molecule has 1 aliphatic heterocycles. The Labute approximate surface area is 121 Å². The molecule has 0 saturated carbocycles. The largest absolute Gasteiger partial charge is 0.372 e. The molecule has 0 bridgehead atoms. The maximum Gasteiger partial charge on any atom is 0.209 e. The van der Waals surface area contributed by atoms with Crippen molar-refractivity contribution in [3.63, 3.8) is 0 Å². The summed E-state index contributed by atoms with van der Waals surface area (Å²) in [6.07, 6.45) is 1.09. The number of nitrogens with two attached hydrogens (primary N) is 1. The van der Waals surface area contributed by atoms with Crippen LogP contribution in [-0.2, 0) is 17.7 Å². The van der Waals surface area contributed by atoms with E-state index in [1.807, 2.05) is 0 Å². The van der Waals surface area contributed by atoms with Gasteiger partial charge in [-0.05, 0) is 28.0 Å². The zero-order valence-corrected chi connectivity index (χ0v) is 11.9. The zero-order valence-electron chi connectivity index (χ0n) is 11.1. The number of benzene rings is 1. The highest BCUT2D eigenvalue weighted by Gasteiger charge is 2.21. The number of thioether (sulfide) groups is 1. The number of hydrogen-bond acceptors (Lipinski definition) is 6. The molecule has 2 aromatic rings. The minimum Gasteiger partial charge on any atom is -0.372 e. The van der Waals surface area contributed by atoms with E-state index in [1.165, 1.54) is 11.1 Å². The van der Waals surface area contributed by atoms with Crippen molar-refractivity contribution in [3.05, 3.63) is 35.4 Å². The molecule has 106 valence electrons. The number of rotatable bonds is 5. The molecule has 0 spiro atoms. The van der Waals surface area contributed by atoms with Crippen LogP contribution >= 0.6 is 11.8 Å². The van der Waals surface area contributed by atoms with Crippen LogP contribution in [0.15, 0.2) is 29.4 Å². The van der Waals surface area contributed by atoms with Crippen LogP contribution in [0.25, 0.3) is 0 Å². The monoisotopic (exact) mass is 291 g/mol. The average Bonchev–Trinajstić information content (AvgIpc) is 2.93. The standard InChI is InChI=1S/C13H17N5OS/c14-6-7-18-13(15-16-17-18)20-9-12-11-4-2-1-3-10(11)5-8-19-12/h1-4,12H,5-9,14H2. The van der Waals surface area contributed by atoms with Crippen LogP contribution in [0.1, 0.15) is 17.2 Å². The molecule has 1 aromatic heterocycles. The summed E-state index contributed by atoms with van der Waals surface area (Å²) in [5, 5.41) is 12.4. The minimum absolute atomic E-state index is 0.105. The van der Waals surface area contributed by atoms with E-state index in [1.54, 1.807) is 16.4 Å². The third-order valence-electron chi connectivity index (χ3n) is 3.30. The van der Waals surface area contributed by atoms with Crippen LogP contribution in [0.2, 0.25) is 0 Å². The number of nitrogens with zero attached hydrogens (tertiary/aromatic N) is 4. The predicted octanol–water partition coefficient (Wildman–Crippen LogP) is 1.04. The molecule has 1 atom stereocenters. The normalized spacial score (nSPS) is 17.9. The lowest BCUT2D eigenvalue weighted by atomic mass is 9.99. The fourth-order valence-corrected chi connectivity index (χ4v) is 3.27. The average molecular weight is 291 g/mol. The number of fused-ring (bicyclic) bond motifs is 1. The molecule has 0 aliphatic carbocycles. The summed E-state index contributed by atoms with van der Waals surface area (Å²) in [5.74, 6) is 0.807. The fourth-order valence-electron chi connectivity index (χ4n) is 2.33. The van der Waals surface area contributed by atoms with E-state index in [-0.39, 0.29) is 6.10 Å². The second-order valence-electron chi connectivity index (χ2n) is 4.59. The Kier molecular flexibility index (Phi) is 4.29. The van der Waals surface area contributed by atoms with E-state index >= 15 is 0 Å². The fraction of sp³-hybridized carbons (Fsp3) is 0.462. The molecular formula is C13H17N5OS. The summed E-state index contributed by atoms with van der Waals surface area (Å²) in [6.45, 7) is 1.94. The van der Waals surface area contributed by atoms with Crippen LogP contribution in [0.5, 0.6) is 0 Å². The summed E-state index contributed by atoms with van der Waals surface area (Å²) in [7, 11) is 0. The van der Waals surface area contributed by atoms with E-state index in [4.69, 9.17) is 10.5 Å². The molecule has 2 N–H and O–H groups in total. The third kappa shape index (κ3) is 2.84. The molecule has 1 aliphatic rings. The van der Waals surface area contributed by atoms with Gasteiger partial charge >= 0.3 is 0 Å². The van der Waals surface area contributed by atoms with Gasteiger partial charge < -0.3 is 10.5 Å². The van der Waals surface area contributed by atoms with Crippen LogP contribution in [-0.4, -0.2) is 39.1 Å². The topological polar surface area (TPSA) is 78.9 Å². The first-order chi connectivity index (χ1) is 9.88. The molecule has 0 fully saturated rings. The Morgan fingerprint density at radius 1 is 1.40 bits per heavy atom. The van der Waals surface area contributed by atoms with E-state index in [2.05, 4.69) is 39.8 Å². The first-order valence-electron chi connectivity index (χ1n) is 6.67. The highest BCUT2D eigenvalue weighted by atomic mass is 32.2. The Morgan fingerprint density at radius 2 is 2.30 bits per heavy atom. The van der Waals surface area contributed by atoms with E-state index < -0.39 is 0 Å². The Balaban J connectivity index is 1.69. The summed E-state index contributed by atoms with van der Waals surface area (Å²) in [5.41, 5.74) is 8.20. The maximum absolute atomic E-state index is 5.88. The van der Waals surface area contributed by atoms with Crippen molar-refractivity contribution >= 4 is 11.8 Å². The van der Waals surface area contributed by atoms with Gasteiger partial charge in [-0.15, -0.1) is 5.10 Å². The third-order valence-corrected chi connectivity index (χ3v) is 4.32. The van der Waals surface area contributed by atoms with Gasteiger partial charge in [-0.2, -0.15) is 0 Å². The van der Waals surface area contributed by atoms with Crippen molar-refractivity contribution in [3.8, 4) is 0 Å². The summed E-state index contributed by atoms with van der Waals surface area (Å²) < 4.78 is 7.61. The molecule has 20 heavy (non-hydrogen) atoms. The molecule has 1 aromatic carbocycles. The SMILES string of the molecule is NCCn1nnnc1SCC1OCCc2ccccc21. The Morgan fingerprint density at radius 3 is 3.20 bits per heavy atom. The van der Waals surface area contributed by atoms with Crippen LogP contribution in [0.3, 0.4) is 0 Å².